The molecule has 16 heavy (non-hydrogen) atoms. The van der Waals surface area contributed by atoms with E-state index in [9.17, 15) is 0 Å². The van der Waals surface area contributed by atoms with Crippen LogP contribution in [0.1, 0.15) is 20.3 Å². The van der Waals surface area contributed by atoms with Gasteiger partial charge in [0.1, 0.15) is 0 Å². The van der Waals surface area contributed by atoms with E-state index in [0.717, 1.165) is 17.3 Å². The number of para-hydroxylation sites is 1. The zero-order chi connectivity index (χ0) is 11.6. The van der Waals surface area contributed by atoms with Gasteiger partial charge in [-0.05, 0) is 25.5 Å². The van der Waals surface area contributed by atoms with Gasteiger partial charge in [0.2, 0.25) is 0 Å². The van der Waals surface area contributed by atoms with Gasteiger partial charge in [0.25, 0.3) is 0 Å². The second-order valence-electron chi connectivity index (χ2n) is 4.05. The van der Waals surface area contributed by atoms with Gasteiger partial charge in [-0.2, -0.15) is 0 Å². The second-order valence-corrected chi connectivity index (χ2v) is 5.52. The lowest BCUT2D eigenvalue weighted by Gasteiger charge is -2.27. The number of thioether (sulfide) groups is 1. The predicted molar refractivity (Wildman–Crippen MR) is 70.7 cm³/mol. The number of benzene rings is 1. The van der Waals surface area contributed by atoms with Crippen molar-refractivity contribution >= 4 is 22.6 Å². The third kappa shape index (κ3) is 2.23. The van der Waals surface area contributed by atoms with Crippen LogP contribution in [-0.4, -0.2) is 22.1 Å². The first-order valence-electron chi connectivity index (χ1n) is 5.47. The quantitative estimate of drug-likeness (QED) is 0.854. The Kier molecular flexibility index (Phi) is 3.21. The van der Waals surface area contributed by atoms with Crippen LogP contribution in [-0.2, 0) is 0 Å². The number of hydrogen-bond donors (Lipinski definition) is 1. The van der Waals surface area contributed by atoms with Crippen molar-refractivity contribution in [2.75, 3.05) is 7.05 Å². The number of hydrazine groups is 1. The van der Waals surface area contributed by atoms with Crippen LogP contribution in [0.5, 0.6) is 0 Å². The molecule has 0 amide bonds. The Morgan fingerprint density at radius 1 is 1.38 bits per heavy atom. The fraction of sp³-hybridized carbons (Fsp3) is 0.417. The van der Waals surface area contributed by atoms with E-state index in [1.165, 1.54) is 0 Å². The van der Waals surface area contributed by atoms with Gasteiger partial charge in [0.15, 0.2) is 5.17 Å². The monoisotopic (exact) mass is 235 g/mol. The number of amidine groups is 1. The fourth-order valence-corrected chi connectivity index (χ4v) is 2.62. The van der Waals surface area contributed by atoms with Crippen LogP contribution in [0.3, 0.4) is 0 Å². The van der Waals surface area contributed by atoms with Crippen LogP contribution in [0.15, 0.2) is 35.3 Å². The van der Waals surface area contributed by atoms with E-state index in [0.29, 0.717) is 0 Å². The molecule has 1 aromatic carbocycles. The molecule has 1 aromatic rings. The third-order valence-electron chi connectivity index (χ3n) is 2.93. The van der Waals surface area contributed by atoms with Gasteiger partial charge >= 0.3 is 0 Å². The summed E-state index contributed by atoms with van der Waals surface area (Å²) in [5.74, 6) is 0. The van der Waals surface area contributed by atoms with Crippen molar-refractivity contribution < 1.29 is 0 Å². The molecule has 1 aliphatic rings. The molecule has 1 unspecified atom stereocenters. The molecule has 0 bridgehead atoms. The number of rotatable bonds is 2. The maximum Gasteiger partial charge on any atom is 0.178 e. The molecule has 1 fully saturated rings. The molecule has 86 valence electrons. The molecular formula is C12H17N3S. The maximum absolute atomic E-state index is 4.58. The van der Waals surface area contributed by atoms with E-state index in [1.807, 2.05) is 30.3 Å². The van der Waals surface area contributed by atoms with Gasteiger partial charge in [-0.1, -0.05) is 36.9 Å². The minimum atomic E-state index is 0.105. The van der Waals surface area contributed by atoms with Crippen LogP contribution < -0.4 is 5.43 Å². The maximum atomic E-state index is 4.58. The summed E-state index contributed by atoms with van der Waals surface area (Å²) >= 11 is 1.78. The molecule has 3 nitrogen and oxygen atoms in total. The highest BCUT2D eigenvalue weighted by Crippen LogP contribution is 2.36. The largest absolute Gasteiger partial charge is 0.296 e. The Bertz CT molecular complexity index is 391. The van der Waals surface area contributed by atoms with Crippen molar-refractivity contribution in [2.45, 2.75) is 25.1 Å². The minimum absolute atomic E-state index is 0.105. The van der Waals surface area contributed by atoms with Crippen LogP contribution in [0, 0.1) is 0 Å². The smallest absolute Gasteiger partial charge is 0.178 e. The first kappa shape index (κ1) is 11.5. The molecule has 1 N–H and O–H groups in total. The second kappa shape index (κ2) is 4.47. The SMILES string of the molecule is CCC1(C)SC(=Nc2ccccc2)NN1C. The van der Waals surface area contributed by atoms with E-state index < -0.39 is 0 Å². The average Bonchev–Trinajstić information content (AvgIpc) is 2.56. The van der Waals surface area contributed by atoms with Crippen LogP contribution in [0.25, 0.3) is 0 Å². The van der Waals surface area contributed by atoms with Crippen LogP contribution >= 0.6 is 11.8 Å². The average molecular weight is 235 g/mol. The van der Waals surface area contributed by atoms with Gasteiger partial charge in [0.05, 0.1) is 10.6 Å². The lowest BCUT2D eigenvalue weighted by Crippen LogP contribution is -2.41. The zero-order valence-corrected chi connectivity index (χ0v) is 10.7. The Hall–Kier alpha value is -1.00. The summed E-state index contributed by atoms with van der Waals surface area (Å²) in [6.07, 6.45) is 1.08. The number of nitrogens with one attached hydrogen (secondary N) is 1. The molecule has 1 aliphatic heterocycles. The van der Waals surface area contributed by atoms with Crippen LogP contribution in [0.2, 0.25) is 0 Å². The van der Waals surface area contributed by atoms with Gasteiger partial charge in [0, 0.05) is 7.05 Å². The Balaban J connectivity index is 2.17. The van der Waals surface area contributed by atoms with E-state index in [-0.39, 0.29) is 4.87 Å². The summed E-state index contributed by atoms with van der Waals surface area (Å²) in [6, 6.07) is 10.0. The molecule has 0 spiro atoms. The molecule has 2 rings (SSSR count). The molecule has 0 aliphatic carbocycles. The summed E-state index contributed by atoms with van der Waals surface area (Å²) in [7, 11) is 2.06. The number of hydrogen-bond acceptors (Lipinski definition) is 3. The van der Waals surface area contributed by atoms with Gasteiger partial charge in [-0.15, -0.1) is 0 Å². The first-order chi connectivity index (χ1) is 7.64. The van der Waals surface area contributed by atoms with Crippen molar-refractivity contribution in [3.8, 4) is 0 Å². The molecule has 1 heterocycles. The highest BCUT2D eigenvalue weighted by atomic mass is 32.2. The van der Waals surface area contributed by atoms with Crippen molar-refractivity contribution in [1.82, 2.24) is 10.4 Å². The summed E-state index contributed by atoms with van der Waals surface area (Å²) in [5.41, 5.74) is 4.28. The van der Waals surface area contributed by atoms with Gasteiger partial charge in [-0.3, -0.25) is 5.43 Å². The number of aliphatic imine (C=N–C) groups is 1. The van der Waals surface area contributed by atoms with Crippen molar-refractivity contribution in [1.29, 1.82) is 0 Å². The van der Waals surface area contributed by atoms with Gasteiger partial charge < -0.3 is 0 Å². The molecule has 1 atom stereocenters. The minimum Gasteiger partial charge on any atom is -0.296 e. The third-order valence-corrected chi connectivity index (χ3v) is 4.31. The lowest BCUT2D eigenvalue weighted by molar-refractivity contribution is 0.199. The van der Waals surface area contributed by atoms with Gasteiger partial charge in [-0.25, -0.2) is 10.0 Å². The predicted octanol–water partition coefficient (Wildman–Crippen LogP) is 2.98. The fourth-order valence-electron chi connectivity index (χ4n) is 1.54. The molecule has 0 saturated carbocycles. The highest BCUT2D eigenvalue weighted by Gasteiger charge is 2.37. The molecule has 1 saturated heterocycles. The van der Waals surface area contributed by atoms with E-state index >= 15 is 0 Å². The Morgan fingerprint density at radius 2 is 2.06 bits per heavy atom. The van der Waals surface area contributed by atoms with Crippen LogP contribution in [0.4, 0.5) is 5.69 Å². The number of nitrogens with zero attached hydrogens (tertiary/aromatic N) is 2. The summed E-state index contributed by atoms with van der Waals surface area (Å²) in [6.45, 7) is 4.41. The van der Waals surface area contributed by atoms with Crippen molar-refractivity contribution in [3.05, 3.63) is 30.3 Å². The van der Waals surface area contributed by atoms with E-state index in [1.54, 1.807) is 11.8 Å². The summed E-state index contributed by atoms with van der Waals surface area (Å²) in [4.78, 5) is 4.68. The summed E-state index contributed by atoms with van der Waals surface area (Å²) < 4.78 is 0. The first-order valence-corrected chi connectivity index (χ1v) is 6.29. The van der Waals surface area contributed by atoms with E-state index in [4.69, 9.17) is 0 Å². The molecule has 0 radical (unpaired) electrons. The molecule has 0 aromatic heterocycles. The normalized spacial score (nSPS) is 28.3. The molecule has 4 heteroatoms. The zero-order valence-electron chi connectivity index (χ0n) is 9.90. The topological polar surface area (TPSA) is 27.6 Å². The molecular weight excluding hydrogens is 218 g/mol. The Labute approximate surface area is 101 Å². The van der Waals surface area contributed by atoms with E-state index in [2.05, 4.69) is 36.3 Å². The highest BCUT2D eigenvalue weighted by molar-refractivity contribution is 8.15. The standard InChI is InChI=1S/C12H17N3S/c1-4-12(2)15(3)14-11(16-12)13-10-8-6-5-7-9-10/h5-9H,4H2,1-3H3,(H,13,14). The van der Waals surface area contributed by atoms with Crippen molar-refractivity contribution in [3.63, 3.8) is 0 Å². The lowest BCUT2D eigenvalue weighted by atomic mass is 10.2. The Morgan fingerprint density at radius 3 is 2.62 bits per heavy atom. The van der Waals surface area contributed by atoms with Crippen molar-refractivity contribution in [2.24, 2.45) is 4.99 Å². The summed E-state index contributed by atoms with van der Waals surface area (Å²) in [5, 5.41) is 3.09.